The Morgan fingerprint density at radius 3 is 2.72 bits per heavy atom. The zero-order chi connectivity index (χ0) is 17.6. The van der Waals surface area contributed by atoms with Crippen LogP contribution in [0, 0.1) is 0 Å². The quantitative estimate of drug-likeness (QED) is 0.745. The van der Waals surface area contributed by atoms with Crippen molar-refractivity contribution in [3.05, 3.63) is 72.6 Å². The van der Waals surface area contributed by atoms with Gasteiger partial charge in [-0.2, -0.15) is 5.10 Å². The van der Waals surface area contributed by atoms with Gasteiger partial charge in [-0.15, -0.1) is 0 Å². The molecule has 0 unspecified atom stereocenters. The first-order chi connectivity index (χ1) is 12.2. The molecule has 2 aromatic heterocycles. The van der Waals surface area contributed by atoms with E-state index in [0.29, 0.717) is 0 Å². The van der Waals surface area contributed by atoms with Crippen LogP contribution < -0.4 is 10.1 Å². The smallest absolute Gasteiger partial charge is 0.245 e. The summed E-state index contributed by atoms with van der Waals surface area (Å²) in [5, 5.41) is 7.10. The van der Waals surface area contributed by atoms with Crippen molar-refractivity contribution < 1.29 is 9.53 Å². The van der Waals surface area contributed by atoms with Gasteiger partial charge in [-0.05, 0) is 36.2 Å². The maximum atomic E-state index is 12.7. The lowest BCUT2D eigenvalue weighted by molar-refractivity contribution is -0.124. The highest BCUT2D eigenvalue weighted by Crippen LogP contribution is 2.25. The summed E-state index contributed by atoms with van der Waals surface area (Å²) >= 11 is 0. The van der Waals surface area contributed by atoms with Crippen molar-refractivity contribution in [1.29, 1.82) is 0 Å². The van der Waals surface area contributed by atoms with E-state index in [1.54, 1.807) is 26.4 Å². The van der Waals surface area contributed by atoms with Gasteiger partial charge in [-0.1, -0.05) is 18.2 Å². The third kappa shape index (κ3) is 3.82. The first-order valence-electron chi connectivity index (χ1n) is 7.87. The third-order valence-electron chi connectivity index (χ3n) is 3.94. The number of carbonyl (C=O) groups excluding carboxylic acids is 1. The van der Waals surface area contributed by atoms with Gasteiger partial charge in [0.2, 0.25) is 5.91 Å². The van der Waals surface area contributed by atoms with Crippen LogP contribution in [-0.2, 0) is 4.79 Å². The Morgan fingerprint density at radius 1 is 1.20 bits per heavy atom. The number of nitrogens with one attached hydrogen (secondary N) is 1. The number of hydrogen-bond donors (Lipinski definition) is 1. The molecule has 0 fully saturated rings. The van der Waals surface area contributed by atoms with Gasteiger partial charge in [-0.25, -0.2) is 9.67 Å². The van der Waals surface area contributed by atoms with Crippen LogP contribution in [0.5, 0.6) is 5.75 Å². The van der Waals surface area contributed by atoms with Crippen molar-refractivity contribution in [3.8, 4) is 5.75 Å². The molecular weight excluding hydrogens is 318 g/mol. The van der Waals surface area contributed by atoms with Gasteiger partial charge in [0.25, 0.3) is 0 Å². The summed E-state index contributed by atoms with van der Waals surface area (Å²) in [4.78, 5) is 20.8. The van der Waals surface area contributed by atoms with Gasteiger partial charge in [-0.3, -0.25) is 9.78 Å². The molecule has 0 aliphatic rings. The highest BCUT2D eigenvalue weighted by Gasteiger charge is 2.22. The molecule has 1 amide bonds. The SMILES string of the molecule is COc1cccc([C@H](NC(=O)[C@@H](C)n2cncn2)c2cccnc2)c1. The van der Waals surface area contributed by atoms with Crippen LogP contribution in [0.4, 0.5) is 0 Å². The molecule has 128 valence electrons. The Labute approximate surface area is 145 Å². The summed E-state index contributed by atoms with van der Waals surface area (Å²) in [5.41, 5.74) is 1.79. The van der Waals surface area contributed by atoms with Gasteiger partial charge in [0, 0.05) is 12.4 Å². The van der Waals surface area contributed by atoms with Crippen LogP contribution in [-0.4, -0.2) is 32.8 Å². The van der Waals surface area contributed by atoms with Crippen LogP contribution >= 0.6 is 0 Å². The van der Waals surface area contributed by atoms with Crippen molar-refractivity contribution in [3.63, 3.8) is 0 Å². The molecule has 2 atom stereocenters. The van der Waals surface area contributed by atoms with Crippen molar-refractivity contribution in [2.24, 2.45) is 0 Å². The Hall–Kier alpha value is -3.22. The highest BCUT2D eigenvalue weighted by atomic mass is 16.5. The monoisotopic (exact) mass is 337 g/mol. The molecule has 7 nitrogen and oxygen atoms in total. The van der Waals surface area contributed by atoms with Crippen LogP contribution in [0.3, 0.4) is 0 Å². The minimum atomic E-state index is -0.479. The predicted octanol–water partition coefficient (Wildman–Crippen LogP) is 2.15. The molecule has 2 heterocycles. The zero-order valence-electron chi connectivity index (χ0n) is 14.0. The second kappa shape index (κ2) is 7.57. The van der Waals surface area contributed by atoms with Gasteiger partial charge < -0.3 is 10.1 Å². The minimum Gasteiger partial charge on any atom is -0.497 e. The summed E-state index contributed by atoms with van der Waals surface area (Å²) < 4.78 is 6.82. The molecule has 0 saturated carbocycles. The summed E-state index contributed by atoms with van der Waals surface area (Å²) in [6.07, 6.45) is 6.37. The van der Waals surface area contributed by atoms with E-state index < -0.39 is 6.04 Å². The number of hydrogen-bond acceptors (Lipinski definition) is 5. The molecule has 0 radical (unpaired) electrons. The predicted molar refractivity (Wildman–Crippen MR) is 91.9 cm³/mol. The molecule has 1 N–H and O–H groups in total. The minimum absolute atomic E-state index is 0.165. The number of methoxy groups -OCH3 is 1. The van der Waals surface area contributed by atoms with E-state index in [1.807, 2.05) is 36.4 Å². The fourth-order valence-electron chi connectivity index (χ4n) is 2.53. The first kappa shape index (κ1) is 16.6. The van der Waals surface area contributed by atoms with Crippen LogP contribution in [0.2, 0.25) is 0 Å². The van der Waals surface area contributed by atoms with Crippen molar-refractivity contribution in [2.45, 2.75) is 19.0 Å². The number of rotatable bonds is 6. The number of amides is 1. The van der Waals surface area contributed by atoms with Crippen molar-refractivity contribution in [1.82, 2.24) is 25.1 Å². The lowest BCUT2D eigenvalue weighted by Crippen LogP contribution is -2.35. The molecule has 0 saturated heterocycles. The fraction of sp³-hybridized carbons (Fsp3) is 0.222. The first-order valence-corrected chi connectivity index (χ1v) is 7.87. The Balaban J connectivity index is 1.90. The number of nitrogens with zero attached hydrogens (tertiary/aromatic N) is 4. The topological polar surface area (TPSA) is 81.9 Å². The average molecular weight is 337 g/mol. The summed E-state index contributed by atoms with van der Waals surface area (Å²) in [7, 11) is 1.61. The van der Waals surface area contributed by atoms with E-state index in [1.165, 1.54) is 17.3 Å². The van der Waals surface area contributed by atoms with E-state index >= 15 is 0 Å². The Morgan fingerprint density at radius 2 is 2.04 bits per heavy atom. The Kier molecular flexibility index (Phi) is 5.03. The second-order valence-corrected chi connectivity index (χ2v) is 5.56. The molecule has 0 aliphatic carbocycles. The van der Waals surface area contributed by atoms with Gasteiger partial charge in [0.1, 0.15) is 24.4 Å². The van der Waals surface area contributed by atoms with Crippen LogP contribution in [0.25, 0.3) is 0 Å². The van der Waals surface area contributed by atoms with Gasteiger partial charge in [0.15, 0.2) is 0 Å². The van der Waals surface area contributed by atoms with Crippen molar-refractivity contribution in [2.75, 3.05) is 7.11 Å². The Bertz CT molecular complexity index is 821. The highest BCUT2D eigenvalue weighted by molar-refractivity contribution is 5.80. The number of benzene rings is 1. The molecule has 3 aromatic rings. The fourth-order valence-corrected chi connectivity index (χ4v) is 2.53. The lowest BCUT2D eigenvalue weighted by atomic mass is 9.99. The molecule has 3 rings (SSSR count). The molecule has 0 bridgehead atoms. The van der Waals surface area contributed by atoms with E-state index in [-0.39, 0.29) is 11.9 Å². The van der Waals surface area contributed by atoms with Crippen LogP contribution in [0.1, 0.15) is 30.1 Å². The van der Waals surface area contributed by atoms with Crippen molar-refractivity contribution >= 4 is 5.91 Å². The summed E-state index contributed by atoms with van der Waals surface area (Å²) in [6.45, 7) is 1.77. The lowest BCUT2D eigenvalue weighted by Gasteiger charge is -2.22. The number of carbonyl (C=O) groups is 1. The maximum Gasteiger partial charge on any atom is 0.245 e. The van der Waals surface area contributed by atoms with E-state index in [0.717, 1.165) is 16.9 Å². The van der Waals surface area contributed by atoms with Gasteiger partial charge in [0.05, 0.1) is 13.2 Å². The molecular formula is C18H19N5O2. The average Bonchev–Trinajstić information content (AvgIpc) is 3.20. The maximum absolute atomic E-state index is 12.7. The molecule has 0 aliphatic heterocycles. The number of pyridine rings is 1. The standard InChI is InChI=1S/C18H19N5O2/c1-13(23-12-20-11-21-23)18(24)22-17(15-6-4-8-19-10-15)14-5-3-7-16(9-14)25-2/h3-13,17H,1-2H3,(H,22,24)/t13-,17+/m1/s1. The molecule has 25 heavy (non-hydrogen) atoms. The zero-order valence-corrected chi connectivity index (χ0v) is 14.0. The largest absolute Gasteiger partial charge is 0.497 e. The second-order valence-electron chi connectivity index (χ2n) is 5.56. The number of ether oxygens (including phenoxy) is 1. The normalized spacial score (nSPS) is 13.0. The van der Waals surface area contributed by atoms with Crippen LogP contribution in [0.15, 0.2) is 61.4 Å². The van der Waals surface area contributed by atoms with E-state index in [2.05, 4.69) is 20.4 Å². The molecule has 0 spiro atoms. The third-order valence-corrected chi connectivity index (χ3v) is 3.94. The van der Waals surface area contributed by atoms with E-state index in [9.17, 15) is 4.79 Å². The molecule has 7 heteroatoms. The number of aromatic nitrogens is 4. The molecule has 1 aromatic carbocycles. The summed E-state index contributed by atoms with van der Waals surface area (Å²) in [6, 6.07) is 10.6. The van der Waals surface area contributed by atoms with E-state index in [4.69, 9.17) is 4.74 Å². The van der Waals surface area contributed by atoms with Gasteiger partial charge >= 0.3 is 0 Å². The summed E-state index contributed by atoms with van der Waals surface area (Å²) in [5.74, 6) is 0.562.